The molecule has 3 aromatic rings. The summed E-state index contributed by atoms with van der Waals surface area (Å²) in [7, 11) is 0. The lowest BCUT2D eigenvalue weighted by Gasteiger charge is -2.24. The van der Waals surface area contributed by atoms with Crippen LogP contribution < -0.4 is 14.9 Å². The van der Waals surface area contributed by atoms with Crippen LogP contribution in [0.5, 0.6) is 5.75 Å². The van der Waals surface area contributed by atoms with Crippen molar-refractivity contribution in [2.45, 2.75) is 19.9 Å². The average molecular weight is 672 g/mol. The smallest absolute Gasteiger partial charge is 0.338 e. The van der Waals surface area contributed by atoms with E-state index >= 15 is 0 Å². The van der Waals surface area contributed by atoms with Gasteiger partial charge in [0.05, 0.1) is 32.0 Å². The number of carbonyl (C=O) groups is 1. The minimum atomic E-state index is -0.640. The van der Waals surface area contributed by atoms with Crippen molar-refractivity contribution in [3.63, 3.8) is 0 Å². The molecule has 0 fully saturated rings. The maximum absolute atomic E-state index is 13.5. The van der Waals surface area contributed by atoms with Gasteiger partial charge in [0.2, 0.25) is 0 Å². The van der Waals surface area contributed by atoms with Gasteiger partial charge in [0.1, 0.15) is 5.75 Å². The van der Waals surface area contributed by atoms with Crippen LogP contribution in [0, 0.1) is 7.14 Å². The van der Waals surface area contributed by atoms with Gasteiger partial charge in [0.15, 0.2) is 4.80 Å². The Morgan fingerprint density at radius 2 is 2.00 bits per heavy atom. The molecule has 0 aliphatic carbocycles. The topological polar surface area (TPSA) is 80.9 Å². The highest BCUT2D eigenvalue weighted by Gasteiger charge is 2.33. The Morgan fingerprint density at radius 3 is 2.69 bits per heavy atom. The molecular formula is C23H18I2N2O4S. The van der Waals surface area contributed by atoms with Gasteiger partial charge < -0.3 is 9.84 Å². The van der Waals surface area contributed by atoms with Gasteiger partial charge in [0, 0.05) is 9.13 Å². The van der Waals surface area contributed by atoms with Crippen molar-refractivity contribution in [1.29, 1.82) is 0 Å². The van der Waals surface area contributed by atoms with Gasteiger partial charge in [-0.1, -0.05) is 41.7 Å². The van der Waals surface area contributed by atoms with E-state index < -0.39 is 12.0 Å². The number of esters is 1. The summed E-state index contributed by atoms with van der Waals surface area (Å²) in [4.78, 5) is 31.4. The lowest BCUT2D eigenvalue weighted by atomic mass is 9.96. The van der Waals surface area contributed by atoms with E-state index in [1.165, 1.54) is 11.3 Å². The minimum absolute atomic E-state index is 0.125. The number of halogens is 2. The largest absolute Gasteiger partial charge is 0.506 e. The van der Waals surface area contributed by atoms with E-state index in [4.69, 9.17) is 4.74 Å². The van der Waals surface area contributed by atoms with Gasteiger partial charge in [-0.05, 0) is 82.8 Å². The van der Waals surface area contributed by atoms with E-state index in [0.29, 0.717) is 29.7 Å². The number of fused-ring (bicyclic) bond motifs is 1. The molecular weight excluding hydrogens is 654 g/mol. The highest BCUT2D eigenvalue weighted by Crippen LogP contribution is 2.31. The lowest BCUT2D eigenvalue weighted by Crippen LogP contribution is -2.39. The molecule has 1 N–H and O–H groups in total. The third-order valence-electron chi connectivity index (χ3n) is 4.98. The van der Waals surface area contributed by atoms with Gasteiger partial charge in [-0.3, -0.25) is 9.36 Å². The second kappa shape index (κ2) is 9.48. The number of carbonyl (C=O) groups excluding carboxylic acids is 1. The number of phenolic OH excluding ortho intramolecular Hbond substituents is 1. The fourth-order valence-electron chi connectivity index (χ4n) is 3.58. The summed E-state index contributed by atoms with van der Waals surface area (Å²) in [5.41, 5.74) is 1.96. The number of hydrogen-bond donors (Lipinski definition) is 1. The van der Waals surface area contributed by atoms with Crippen LogP contribution in [0.2, 0.25) is 0 Å². The van der Waals surface area contributed by atoms with Crippen LogP contribution in [0.1, 0.15) is 31.0 Å². The standard InChI is InChI=1S/C23H18I2N2O4S/c1-3-31-22(30)18-12(2)26-23-27(19(18)13-7-5-4-6-8-13)21(29)17(32-23)10-14-9-15(24)11-16(25)20(14)28/h4-11,19,28H,3H2,1-2H3/b17-10+. The molecule has 0 bridgehead atoms. The number of phenols is 1. The van der Waals surface area contributed by atoms with Crippen molar-refractivity contribution < 1.29 is 14.6 Å². The van der Waals surface area contributed by atoms with E-state index in [-0.39, 0.29) is 17.9 Å². The predicted octanol–water partition coefficient (Wildman–Crippen LogP) is 3.71. The first kappa shape index (κ1) is 23.2. The number of benzene rings is 2. The number of allylic oxidation sites excluding steroid dienone is 1. The first-order valence-electron chi connectivity index (χ1n) is 9.74. The van der Waals surface area contributed by atoms with Crippen LogP contribution in [0.4, 0.5) is 0 Å². The van der Waals surface area contributed by atoms with E-state index in [1.54, 1.807) is 24.5 Å². The van der Waals surface area contributed by atoms with E-state index in [0.717, 1.165) is 9.13 Å². The van der Waals surface area contributed by atoms with Crippen LogP contribution in [-0.4, -0.2) is 22.2 Å². The minimum Gasteiger partial charge on any atom is -0.506 e. The molecule has 0 amide bonds. The highest BCUT2D eigenvalue weighted by molar-refractivity contribution is 14.1. The summed E-state index contributed by atoms with van der Waals surface area (Å²) < 4.78 is 8.92. The fourth-order valence-corrected chi connectivity index (χ4v) is 6.51. The quantitative estimate of drug-likeness (QED) is 0.339. The predicted molar refractivity (Wildman–Crippen MR) is 140 cm³/mol. The first-order valence-corrected chi connectivity index (χ1v) is 12.7. The van der Waals surface area contributed by atoms with Crippen LogP contribution in [-0.2, 0) is 9.53 Å². The molecule has 6 nitrogen and oxygen atoms in total. The maximum Gasteiger partial charge on any atom is 0.338 e. The molecule has 0 saturated carbocycles. The molecule has 0 radical (unpaired) electrons. The highest BCUT2D eigenvalue weighted by atomic mass is 127. The summed E-state index contributed by atoms with van der Waals surface area (Å²) in [5, 5.41) is 10.5. The number of aromatic hydroxyl groups is 1. The fraction of sp³-hybridized carbons (Fsp3) is 0.174. The molecule has 1 aliphatic heterocycles. The first-order chi connectivity index (χ1) is 15.3. The molecule has 0 spiro atoms. The monoisotopic (exact) mass is 672 g/mol. The normalized spacial score (nSPS) is 16.0. The molecule has 9 heteroatoms. The Balaban J connectivity index is 1.98. The zero-order chi connectivity index (χ0) is 23.0. The van der Waals surface area contributed by atoms with E-state index in [9.17, 15) is 14.7 Å². The Bertz CT molecular complexity index is 1420. The summed E-state index contributed by atoms with van der Waals surface area (Å²) >= 11 is 5.47. The van der Waals surface area contributed by atoms with Crippen molar-refractivity contribution in [1.82, 2.24) is 4.57 Å². The van der Waals surface area contributed by atoms with Crippen molar-refractivity contribution in [3.05, 3.63) is 91.7 Å². The summed E-state index contributed by atoms with van der Waals surface area (Å²) in [6.45, 7) is 3.73. The third-order valence-corrected chi connectivity index (χ3v) is 7.40. The van der Waals surface area contributed by atoms with Gasteiger partial charge in [-0.2, -0.15) is 0 Å². The van der Waals surface area contributed by atoms with Gasteiger partial charge in [-0.15, -0.1) is 0 Å². The van der Waals surface area contributed by atoms with Crippen molar-refractivity contribution in [2.24, 2.45) is 4.99 Å². The number of thiazole rings is 1. The molecule has 2 aromatic carbocycles. The van der Waals surface area contributed by atoms with Crippen LogP contribution in [0.3, 0.4) is 0 Å². The number of aromatic nitrogens is 1. The SMILES string of the molecule is CCOC(=O)C1=C(C)N=c2s/c(=C/c3cc(I)cc(I)c3O)c(=O)n2C1c1ccccc1. The van der Waals surface area contributed by atoms with Crippen LogP contribution in [0.15, 0.2) is 63.5 Å². The molecule has 164 valence electrons. The molecule has 2 heterocycles. The number of ether oxygens (including phenoxy) is 1. The summed E-state index contributed by atoms with van der Waals surface area (Å²) in [6.07, 6.45) is 1.68. The van der Waals surface area contributed by atoms with Crippen molar-refractivity contribution in [2.75, 3.05) is 6.61 Å². The van der Waals surface area contributed by atoms with Crippen LogP contribution in [0.25, 0.3) is 6.08 Å². The van der Waals surface area contributed by atoms with Gasteiger partial charge in [-0.25, -0.2) is 9.79 Å². The van der Waals surface area contributed by atoms with Crippen molar-refractivity contribution in [3.8, 4) is 5.75 Å². The molecule has 0 saturated heterocycles. The van der Waals surface area contributed by atoms with Crippen LogP contribution >= 0.6 is 56.5 Å². The Kier molecular flexibility index (Phi) is 6.86. The average Bonchev–Trinajstić information content (AvgIpc) is 3.06. The van der Waals surface area contributed by atoms with Gasteiger partial charge in [0.25, 0.3) is 5.56 Å². The summed E-state index contributed by atoms with van der Waals surface area (Å²) in [6, 6.07) is 12.4. The number of rotatable bonds is 4. The molecule has 1 atom stereocenters. The lowest BCUT2D eigenvalue weighted by molar-refractivity contribution is -0.139. The third kappa shape index (κ3) is 4.29. The maximum atomic E-state index is 13.5. The molecule has 4 rings (SSSR count). The molecule has 1 aromatic heterocycles. The Hall–Kier alpha value is -1.99. The number of hydrogen-bond acceptors (Lipinski definition) is 6. The Morgan fingerprint density at radius 1 is 1.28 bits per heavy atom. The number of nitrogens with zero attached hydrogens (tertiary/aromatic N) is 2. The zero-order valence-corrected chi connectivity index (χ0v) is 22.3. The molecule has 1 aliphatic rings. The van der Waals surface area contributed by atoms with Crippen molar-refractivity contribution >= 4 is 68.6 Å². The van der Waals surface area contributed by atoms with Gasteiger partial charge >= 0.3 is 5.97 Å². The second-order valence-electron chi connectivity index (χ2n) is 7.04. The Labute approximate surface area is 215 Å². The second-order valence-corrected chi connectivity index (χ2v) is 10.5. The van der Waals surface area contributed by atoms with E-state index in [1.807, 2.05) is 42.5 Å². The van der Waals surface area contributed by atoms with E-state index in [2.05, 4.69) is 50.2 Å². The molecule has 32 heavy (non-hydrogen) atoms. The molecule has 1 unspecified atom stereocenters. The zero-order valence-electron chi connectivity index (χ0n) is 17.1. The summed E-state index contributed by atoms with van der Waals surface area (Å²) in [5.74, 6) is -0.360.